The van der Waals surface area contributed by atoms with Crippen LogP contribution in [0.5, 0.6) is 0 Å². The van der Waals surface area contributed by atoms with Crippen molar-refractivity contribution in [2.45, 2.75) is 32.9 Å². The molecule has 4 nitrogen and oxygen atoms in total. The van der Waals surface area contributed by atoms with Gasteiger partial charge in [-0.15, -0.1) is 0 Å². The Morgan fingerprint density at radius 1 is 1.33 bits per heavy atom. The minimum absolute atomic E-state index is 0.0359. The first-order valence-corrected chi connectivity index (χ1v) is 6.10. The topological polar surface area (TPSA) is 67.5 Å². The summed E-state index contributed by atoms with van der Waals surface area (Å²) in [6.45, 7) is 6.24. The SMILES string of the molecule is CC(C)N(CCO)c1cc(C#N)ccc1[C@H](C)O. The van der Waals surface area contributed by atoms with Crippen LogP contribution in [0.4, 0.5) is 5.69 Å². The maximum absolute atomic E-state index is 9.79. The van der Waals surface area contributed by atoms with E-state index in [4.69, 9.17) is 10.4 Å². The minimum Gasteiger partial charge on any atom is -0.395 e. The smallest absolute Gasteiger partial charge is 0.0992 e. The lowest BCUT2D eigenvalue weighted by molar-refractivity contribution is 0.199. The molecule has 98 valence electrons. The molecule has 0 spiro atoms. The van der Waals surface area contributed by atoms with Crippen LogP contribution >= 0.6 is 0 Å². The van der Waals surface area contributed by atoms with E-state index in [-0.39, 0.29) is 12.6 Å². The number of aliphatic hydroxyl groups excluding tert-OH is 2. The van der Waals surface area contributed by atoms with Gasteiger partial charge in [-0.2, -0.15) is 5.26 Å². The van der Waals surface area contributed by atoms with Crippen molar-refractivity contribution in [3.05, 3.63) is 29.3 Å². The Morgan fingerprint density at radius 3 is 2.44 bits per heavy atom. The molecule has 0 bridgehead atoms. The average molecular weight is 248 g/mol. The monoisotopic (exact) mass is 248 g/mol. The standard InChI is InChI=1S/C14H20N2O2/c1-10(2)16(6-7-17)14-8-12(9-15)4-5-13(14)11(3)18/h4-5,8,10-11,17-18H,6-7H2,1-3H3/t11-/m0/s1. The molecule has 0 amide bonds. The fourth-order valence-electron chi connectivity index (χ4n) is 1.98. The van der Waals surface area contributed by atoms with Gasteiger partial charge in [0.15, 0.2) is 0 Å². The molecule has 1 atom stereocenters. The van der Waals surface area contributed by atoms with Crippen molar-refractivity contribution in [1.29, 1.82) is 5.26 Å². The molecule has 2 N–H and O–H groups in total. The number of hydrogen-bond donors (Lipinski definition) is 2. The summed E-state index contributed by atoms with van der Waals surface area (Å²) < 4.78 is 0. The summed E-state index contributed by atoms with van der Waals surface area (Å²) in [6.07, 6.45) is -0.604. The number of hydrogen-bond acceptors (Lipinski definition) is 4. The normalized spacial score (nSPS) is 12.3. The van der Waals surface area contributed by atoms with Crippen LogP contribution in [-0.4, -0.2) is 29.4 Å². The van der Waals surface area contributed by atoms with E-state index in [1.165, 1.54) is 0 Å². The van der Waals surface area contributed by atoms with Gasteiger partial charge in [-0.05, 0) is 32.9 Å². The van der Waals surface area contributed by atoms with Gasteiger partial charge in [-0.1, -0.05) is 6.07 Å². The van der Waals surface area contributed by atoms with Crippen LogP contribution in [0.3, 0.4) is 0 Å². The van der Waals surface area contributed by atoms with Crippen molar-refractivity contribution in [1.82, 2.24) is 0 Å². The third kappa shape index (κ3) is 3.22. The van der Waals surface area contributed by atoms with Crippen LogP contribution < -0.4 is 4.90 Å². The Morgan fingerprint density at radius 2 is 2.00 bits per heavy atom. The van der Waals surface area contributed by atoms with Gasteiger partial charge in [-0.3, -0.25) is 0 Å². The lowest BCUT2D eigenvalue weighted by Crippen LogP contribution is -2.34. The highest BCUT2D eigenvalue weighted by Gasteiger charge is 2.17. The molecule has 18 heavy (non-hydrogen) atoms. The van der Waals surface area contributed by atoms with Gasteiger partial charge in [0.2, 0.25) is 0 Å². The molecule has 1 aromatic rings. The van der Waals surface area contributed by atoms with Gasteiger partial charge in [0, 0.05) is 23.8 Å². The summed E-state index contributed by atoms with van der Waals surface area (Å²) in [7, 11) is 0. The van der Waals surface area contributed by atoms with Gasteiger partial charge in [0.25, 0.3) is 0 Å². The minimum atomic E-state index is -0.604. The second kappa shape index (κ2) is 6.39. The maximum atomic E-state index is 9.79. The van der Waals surface area contributed by atoms with Crippen LogP contribution in [0.1, 0.15) is 38.0 Å². The van der Waals surface area contributed by atoms with E-state index in [9.17, 15) is 5.11 Å². The molecular formula is C14H20N2O2. The molecule has 0 saturated carbocycles. The highest BCUT2D eigenvalue weighted by Crippen LogP contribution is 2.28. The van der Waals surface area contributed by atoms with Crippen molar-refractivity contribution in [3.63, 3.8) is 0 Å². The fraction of sp³-hybridized carbons (Fsp3) is 0.500. The highest BCUT2D eigenvalue weighted by molar-refractivity contribution is 5.59. The number of benzene rings is 1. The van der Waals surface area contributed by atoms with Gasteiger partial charge in [0.1, 0.15) is 0 Å². The molecule has 0 aliphatic heterocycles. The Labute approximate surface area is 108 Å². The first kappa shape index (κ1) is 14.5. The van der Waals surface area contributed by atoms with E-state index >= 15 is 0 Å². The molecule has 1 aromatic carbocycles. The number of nitriles is 1. The van der Waals surface area contributed by atoms with Gasteiger partial charge < -0.3 is 15.1 Å². The quantitative estimate of drug-likeness (QED) is 0.834. The van der Waals surface area contributed by atoms with Crippen LogP contribution in [0.2, 0.25) is 0 Å². The largest absolute Gasteiger partial charge is 0.395 e. The van der Waals surface area contributed by atoms with Gasteiger partial charge >= 0.3 is 0 Å². The second-order valence-electron chi connectivity index (χ2n) is 4.57. The summed E-state index contributed by atoms with van der Waals surface area (Å²) in [6, 6.07) is 7.51. The van der Waals surface area contributed by atoms with Crippen molar-refractivity contribution in [2.24, 2.45) is 0 Å². The molecule has 0 aliphatic carbocycles. The molecule has 0 heterocycles. The van der Waals surface area contributed by atoms with E-state index in [1.807, 2.05) is 18.7 Å². The lowest BCUT2D eigenvalue weighted by atomic mass is 10.0. The number of nitrogens with zero attached hydrogens (tertiary/aromatic N) is 2. The first-order valence-electron chi connectivity index (χ1n) is 6.10. The third-order valence-electron chi connectivity index (χ3n) is 2.88. The molecule has 0 saturated heterocycles. The Bertz CT molecular complexity index is 436. The van der Waals surface area contributed by atoms with Crippen molar-refractivity contribution < 1.29 is 10.2 Å². The summed E-state index contributed by atoms with van der Waals surface area (Å²) in [5.41, 5.74) is 2.14. The molecular weight excluding hydrogens is 228 g/mol. The van der Waals surface area contributed by atoms with E-state index in [0.717, 1.165) is 11.3 Å². The Hall–Kier alpha value is -1.57. The Kier molecular flexibility index (Phi) is 5.14. The highest BCUT2D eigenvalue weighted by atomic mass is 16.3. The predicted molar refractivity (Wildman–Crippen MR) is 71.4 cm³/mol. The molecule has 1 rings (SSSR count). The molecule has 0 aromatic heterocycles. The summed E-state index contributed by atoms with van der Waals surface area (Å²) in [4.78, 5) is 1.99. The predicted octanol–water partition coefficient (Wildman–Crippen LogP) is 1.82. The van der Waals surface area contributed by atoms with Crippen LogP contribution in [0.15, 0.2) is 18.2 Å². The molecule has 0 radical (unpaired) electrons. The zero-order valence-electron chi connectivity index (χ0n) is 11.1. The lowest BCUT2D eigenvalue weighted by Gasteiger charge is -2.31. The number of aliphatic hydroxyl groups is 2. The van der Waals surface area contributed by atoms with Crippen LogP contribution in [0.25, 0.3) is 0 Å². The molecule has 4 heteroatoms. The number of rotatable bonds is 5. The van der Waals surface area contributed by atoms with Crippen molar-refractivity contribution in [2.75, 3.05) is 18.1 Å². The van der Waals surface area contributed by atoms with Crippen molar-refractivity contribution >= 4 is 5.69 Å². The van der Waals surface area contributed by atoms with Crippen LogP contribution in [-0.2, 0) is 0 Å². The maximum Gasteiger partial charge on any atom is 0.0992 e. The average Bonchev–Trinajstić information content (AvgIpc) is 2.34. The van der Waals surface area contributed by atoms with Crippen LogP contribution in [0, 0.1) is 11.3 Å². The zero-order chi connectivity index (χ0) is 13.7. The Balaban J connectivity index is 3.28. The molecule has 0 aliphatic rings. The van der Waals surface area contributed by atoms with E-state index in [0.29, 0.717) is 12.1 Å². The first-order chi connectivity index (χ1) is 8.51. The summed E-state index contributed by atoms with van der Waals surface area (Å²) in [5, 5.41) is 27.9. The van der Waals surface area contributed by atoms with E-state index < -0.39 is 6.10 Å². The van der Waals surface area contributed by atoms with E-state index in [1.54, 1.807) is 25.1 Å². The molecule has 0 unspecified atom stereocenters. The number of anilines is 1. The zero-order valence-corrected chi connectivity index (χ0v) is 11.1. The van der Waals surface area contributed by atoms with Gasteiger partial charge in [-0.25, -0.2) is 0 Å². The molecule has 0 fully saturated rings. The van der Waals surface area contributed by atoms with Crippen molar-refractivity contribution in [3.8, 4) is 6.07 Å². The summed E-state index contributed by atoms with van der Waals surface area (Å²) in [5.74, 6) is 0. The fourth-order valence-corrected chi connectivity index (χ4v) is 1.98. The van der Waals surface area contributed by atoms with E-state index in [2.05, 4.69) is 6.07 Å². The summed E-state index contributed by atoms with van der Waals surface area (Å²) >= 11 is 0. The van der Waals surface area contributed by atoms with Gasteiger partial charge in [0.05, 0.1) is 24.3 Å². The second-order valence-corrected chi connectivity index (χ2v) is 4.57. The third-order valence-corrected chi connectivity index (χ3v) is 2.88.